The van der Waals surface area contributed by atoms with Gasteiger partial charge in [-0.15, -0.1) is 0 Å². The Bertz CT molecular complexity index is 466. The van der Waals surface area contributed by atoms with Gasteiger partial charge >= 0.3 is 5.97 Å². The maximum Gasteiger partial charge on any atom is 0.326 e. The third-order valence-corrected chi connectivity index (χ3v) is 6.00. The van der Waals surface area contributed by atoms with Gasteiger partial charge in [0.25, 0.3) is 0 Å². The van der Waals surface area contributed by atoms with Gasteiger partial charge < -0.3 is 16.2 Å². The Hall–Kier alpha value is -1.36. The summed E-state index contributed by atoms with van der Waals surface area (Å²) in [5, 5.41) is 11.7. The number of nitrogens with one attached hydrogen (secondary N) is 1. The number of hydrogen-bond donors (Lipinski definition) is 3. The van der Waals surface area contributed by atoms with Gasteiger partial charge in [-0.1, -0.05) is 96.1 Å². The zero-order chi connectivity index (χ0) is 23.7. The first-order valence-electron chi connectivity index (χ1n) is 13.5. The molecule has 0 rings (SSSR count). The van der Waals surface area contributed by atoms with Crippen LogP contribution in [-0.4, -0.2) is 29.6 Å². The highest BCUT2D eigenvalue weighted by molar-refractivity contribution is 5.83. The van der Waals surface area contributed by atoms with Gasteiger partial charge in [0.1, 0.15) is 6.04 Å². The fourth-order valence-electron chi connectivity index (χ4n) is 3.91. The molecular formula is C27H52N2O3. The number of carboxylic acid groups (broad SMARTS) is 1. The van der Waals surface area contributed by atoms with E-state index in [4.69, 9.17) is 10.8 Å². The van der Waals surface area contributed by atoms with Gasteiger partial charge in [0.15, 0.2) is 0 Å². The minimum Gasteiger partial charge on any atom is -0.480 e. The number of unbranched alkanes of at least 4 members (excludes halogenated alkanes) is 15. The summed E-state index contributed by atoms with van der Waals surface area (Å²) in [6, 6.07) is -0.805. The first-order chi connectivity index (χ1) is 15.6. The van der Waals surface area contributed by atoms with Crippen LogP contribution in [0.15, 0.2) is 12.2 Å². The van der Waals surface area contributed by atoms with Crippen molar-refractivity contribution in [1.29, 1.82) is 0 Å². The van der Waals surface area contributed by atoms with Gasteiger partial charge in [0.05, 0.1) is 0 Å². The van der Waals surface area contributed by atoms with E-state index in [9.17, 15) is 9.59 Å². The molecule has 1 atom stereocenters. The highest BCUT2D eigenvalue weighted by Crippen LogP contribution is 2.12. The summed E-state index contributed by atoms with van der Waals surface area (Å²) in [7, 11) is 0. The first kappa shape index (κ1) is 30.6. The molecule has 5 nitrogen and oxygen atoms in total. The number of rotatable bonds is 24. The number of hydrogen-bond acceptors (Lipinski definition) is 3. The van der Waals surface area contributed by atoms with Crippen LogP contribution in [0.4, 0.5) is 0 Å². The van der Waals surface area contributed by atoms with E-state index in [1.165, 1.54) is 89.9 Å². The molecule has 0 aliphatic carbocycles. The van der Waals surface area contributed by atoms with Crippen molar-refractivity contribution in [2.45, 2.75) is 141 Å². The Kier molecular flexibility index (Phi) is 23.3. The van der Waals surface area contributed by atoms with Gasteiger partial charge in [0, 0.05) is 6.42 Å². The van der Waals surface area contributed by atoms with Crippen LogP contribution in [0.2, 0.25) is 0 Å². The maximum absolute atomic E-state index is 11.9. The Morgan fingerprint density at radius 1 is 0.750 bits per heavy atom. The lowest BCUT2D eigenvalue weighted by Crippen LogP contribution is -2.40. The number of allylic oxidation sites excluding steroid dienone is 2. The minimum atomic E-state index is -0.977. The largest absolute Gasteiger partial charge is 0.480 e. The zero-order valence-electron chi connectivity index (χ0n) is 20.9. The summed E-state index contributed by atoms with van der Waals surface area (Å²) in [5.74, 6) is -1.14. The highest BCUT2D eigenvalue weighted by Gasteiger charge is 2.18. The number of nitrogens with two attached hydrogens (primary N) is 1. The fourth-order valence-corrected chi connectivity index (χ4v) is 3.91. The zero-order valence-corrected chi connectivity index (χ0v) is 20.9. The van der Waals surface area contributed by atoms with Gasteiger partial charge in [-0.05, 0) is 51.5 Å². The average Bonchev–Trinajstić information content (AvgIpc) is 2.78. The van der Waals surface area contributed by atoms with Crippen molar-refractivity contribution in [2.75, 3.05) is 6.54 Å². The lowest BCUT2D eigenvalue weighted by molar-refractivity contribution is -0.142. The summed E-state index contributed by atoms with van der Waals surface area (Å²) in [6.07, 6.45) is 27.7. The van der Waals surface area contributed by atoms with E-state index in [0.717, 1.165) is 19.3 Å². The first-order valence-corrected chi connectivity index (χ1v) is 13.5. The number of carbonyl (C=O) groups is 2. The molecule has 5 heteroatoms. The normalized spacial score (nSPS) is 12.3. The molecule has 0 aliphatic rings. The molecule has 1 amide bonds. The highest BCUT2D eigenvalue weighted by atomic mass is 16.4. The molecule has 0 heterocycles. The van der Waals surface area contributed by atoms with E-state index in [1.807, 2.05) is 0 Å². The molecule has 0 saturated heterocycles. The lowest BCUT2D eigenvalue weighted by atomic mass is 10.1. The Labute approximate surface area is 198 Å². The van der Waals surface area contributed by atoms with Crippen LogP contribution in [0.5, 0.6) is 0 Å². The van der Waals surface area contributed by atoms with Crippen LogP contribution in [0, 0.1) is 0 Å². The van der Waals surface area contributed by atoms with Gasteiger partial charge in [-0.2, -0.15) is 0 Å². The van der Waals surface area contributed by atoms with Crippen LogP contribution in [0.25, 0.3) is 0 Å². The lowest BCUT2D eigenvalue weighted by Gasteiger charge is -2.13. The average molecular weight is 453 g/mol. The van der Waals surface area contributed by atoms with E-state index in [-0.39, 0.29) is 5.91 Å². The molecule has 0 spiro atoms. The maximum atomic E-state index is 11.9. The topological polar surface area (TPSA) is 92.4 Å². The SMILES string of the molecule is CCCCCCCCCC/C=C\CCCCCCCCCC(=O)N[C@@H](CCCN)C(=O)O. The summed E-state index contributed by atoms with van der Waals surface area (Å²) < 4.78 is 0. The van der Waals surface area contributed by atoms with E-state index in [0.29, 0.717) is 25.8 Å². The molecule has 0 unspecified atom stereocenters. The molecule has 0 fully saturated rings. The molecule has 0 saturated carbocycles. The molecule has 188 valence electrons. The van der Waals surface area contributed by atoms with Crippen molar-refractivity contribution in [3.05, 3.63) is 12.2 Å². The second kappa shape index (κ2) is 24.3. The van der Waals surface area contributed by atoms with Crippen LogP contribution in [-0.2, 0) is 9.59 Å². The smallest absolute Gasteiger partial charge is 0.326 e. The second-order valence-corrected chi connectivity index (χ2v) is 9.14. The number of carboxylic acids is 1. The van der Waals surface area contributed by atoms with Crippen molar-refractivity contribution in [1.82, 2.24) is 5.32 Å². The predicted octanol–water partition coefficient (Wildman–Crippen LogP) is 6.89. The number of carbonyl (C=O) groups excluding carboxylic acids is 1. The molecule has 0 aromatic carbocycles. The fraction of sp³-hybridized carbons (Fsp3) is 0.852. The number of amides is 1. The Morgan fingerprint density at radius 3 is 1.69 bits per heavy atom. The molecule has 0 aromatic rings. The summed E-state index contributed by atoms with van der Waals surface area (Å²) in [6.45, 7) is 2.71. The number of aliphatic carboxylic acids is 1. The Morgan fingerprint density at radius 2 is 1.22 bits per heavy atom. The van der Waals surface area contributed by atoms with Gasteiger partial charge in [0.2, 0.25) is 5.91 Å². The van der Waals surface area contributed by atoms with Crippen LogP contribution < -0.4 is 11.1 Å². The van der Waals surface area contributed by atoms with Gasteiger partial charge in [-0.25, -0.2) is 4.79 Å². The molecule has 0 aliphatic heterocycles. The summed E-state index contributed by atoms with van der Waals surface area (Å²) in [5.41, 5.74) is 5.41. The molecule has 0 aromatic heterocycles. The third kappa shape index (κ3) is 21.9. The van der Waals surface area contributed by atoms with E-state index in [1.54, 1.807) is 0 Å². The van der Waals surface area contributed by atoms with Crippen molar-refractivity contribution in [3.63, 3.8) is 0 Å². The molecule has 0 radical (unpaired) electrons. The van der Waals surface area contributed by atoms with E-state index >= 15 is 0 Å². The van der Waals surface area contributed by atoms with E-state index < -0.39 is 12.0 Å². The minimum absolute atomic E-state index is 0.159. The van der Waals surface area contributed by atoms with Crippen molar-refractivity contribution in [2.24, 2.45) is 5.73 Å². The monoisotopic (exact) mass is 452 g/mol. The van der Waals surface area contributed by atoms with Crippen molar-refractivity contribution in [3.8, 4) is 0 Å². The van der Waals surface area contributed by atoms with Gasteiger partial charge in [-0.3, -0.25) is 4.79 Å². The Balaban J connectivity index is 3.39. The standard InChI is InChI=1S/C27H52N2O3/c1-2-3-4-5-6-7-8-9-10-11-12-13-14-15-16-17-18-19-20-23-26(30)29-25(27(31)32)22-21-24-28/h11-12,25H,2-10,13-24,28H2,1H3,(H,29,30)(H,31,32)/b12-11-/t25-/m0/s1. The predicted molar refractivity (Wildman–Crippen MR) is 136 cm³/mol. The summed E-state index contributed by atoms with van der Waals surface area (Å²) >= 11 is 0. The van der Waals surface area contributed by atoms with Crippen molar-refractivity contribution >= 4 is 11.9 Å². The van der Waals surface area contributed by atoms with Crippen molar-refractivity contribution < 1.29 is 14.7 Å². The van der Waals surface area contributed by atoms with Crippen LogP contribution >= 0.6 is 0 Å². The third-order valence-electron chi connectivity index (χ3n) is 6.00. The quantitative estimate of drug-likeness (QED) is 0.110. The molecule has 32 heavy (non-hydrogen) atoms. The molecule has 4 N–H and O–H groups in total. The summed E-state index contributed by atoms with van der Waals surface area (Å²) in [4.78, 5) is 23.0. The second-order valence-electron chi connectivity index (χ2n) is 9.14. The van der Waals surface area contributed by atoms with Crippen LogP contribution in [0.3, 0.4) is 0 Å². The molecular weight excluding hydrogens is 400 g/mol. The molecule has 0 bridgehead atoms. The van der Waals surface area contributed by atoms with E-state index in [2.05, 4.69) is 24.4 Å². The van der Waals surface area contributed by atoms with Crippen LogP contribution in [0.1, 0.15) is 135 Å².